The predicted octanol–water partition coefficient (Wildman–Crippen LogP) is 6.78. The van der Waals surface area contributed by atoms with Gasteiger partial charge in [-0.05, 0) is 23.8 Å². The quantitative estimate of drug-likeness (QED) is 0.0738. The van der Waals surface area contributed by atoms with Gasteiger partial charge in [-0.3, -0.25) is 0 Å². The van der Waals surface area contributed by atoms with E-state index in [1.165, 1.54) is 39.5 Å². The summed E-state index contributed by atoms with van der Waals surface area (Å²) in [5, 5.41) is 0. The summed E-state index contributed by atoms with van der Waals surface area (Å²) < 4.78 is 200. The maximum absolute atomic E-state index is 13.7. The summed E-state index contributed by atoms with van der Waals surface area (Å²) >= 11 is 0. The van der Waals surface area contributed by atoms with Crippen molar-refractivity contribution in [3.63, 3.8) is 0 Å². The van der Waals surface area contributed by atoms with Crippen LogP contribution in [0.3, 0.4) is 0 Å². The van der Waals surface area contributed by atoms with Gasteiger partial charge < -0.3 is 28.4 Å². The second kappa shape index (κ2) is 14.7. The summed E-state index contributed by atoms with van der Waals surface area (Å²) in [4.78, 5) is 11.8. The first-order chi connectivity index (χ1) is 20.0. The Morgan fingerprint density at radius 2 is 1.20 bits per heavy atom. The van der Waals surface area contributed by atoms with Gasteiger partial charge in [0.1, 0.15) is 6.61 Å². The maximum atomic E-state index is 13.7. The number of esters is 1. The lowest BCUT2D eigenvalue weighted by atomic mass is 9.95. The molecule has 1 rings (SSSR count). The number of methoxy groups -OCH3 is 3. The van der Waals surface area contributed by atoms with Crippen LogP contribution in [0, 0.1) is 0 Å². The molecule has 0 fully saturated rings. The predicted molar refractivity (Wildman–Crippen MR) is 123 cm³/mol. The number of carbonyl (C=O) groups excluding carboxylic acids is 1. The molecular weight excluding hydrogens is 647 g/mol. The number of ether oxygens (including phenoxy) is 6. The van der Waals surface area contributed by atoms with Gasteiger partial charge in [0.25, 0.3) is 0 Å². The summed E-state index contributed by atoms with van der Waals surface area (Å²) in [5.41, 5.74) is 0.399. The molecular formula is C24H25F13O7. The minimum Gasteiger partial charge on any atom is -0.493 e. The fraction of sp³-hybridized carbons (Fsp3) is 0.625. The van der Waals surface area contributed by atoms with E-state index in [1.54, 1.807) is 0 Å². The standard InChI is InChI=1S/C24H25F13O7/c1-39-15-12-14(13-16(40-2)18(15)41-3)4-5-17(38)43-10-8-42-9-11-44-24(36,37)23(34,35)22(32,33)21(30,31)19(25,26)6-7-20(27,28)29/h4-5,12-13H,6-11H2,1-3H3. The normalized spacial score (nSPS) is 13.7. The van der Waals surface area contributed by atoms with E-state index in [9.17, 15) is 61.9 Å². The molecule has 20 heteroatoms. The van der Waals surface area contributed by atoms with Crippen molar-refractivity contribution in [3.05, 3.63) is 23.8 Å². The minimum atomic E-state index is -7.58. The fourth-order valence-electron chi connectivity index (χ4n) is 3.10. The van der Waals surface area contributed by atoms with Crippen LogP contribution in [0.15, 0.2) is 18.2 Å². The number of alkyl halides is 13. The van der Waals surface area contributed by atoms with Gasteiger partial charge in [-0.15, -0.1) is 0 Å². The van der Waals surface area contributed by atoms with Crippen LogP contribution in [0.1, 0.15) is 18.4 Å². The Kier molecular flexibility index (Phi) is 13.0. The summed E-state index contributed by atoms with van der Waals surface area (Å²) in [6.07, 6.45) is -15.8. The Balaban J connectivity index is 2.65. The van der Waals surface area contributed by atoms with Crippen LogP contribution >= 0.6 is 0 Å². The van der Waals surface area contributed by atoms with Crippen molar-refractivity contribution in [1.29, 1.82) is 0 Å². The molecule has 7 nitrogen and oxygen atoms in total. The van der Waals surface area contributed by atoms with Crippen LogP contribution in [0.4, 0.5) is 57.1 Å². The molecule has 0 heterocycles. The van der Waals surface area contributed by atoms with E-state index < -0.39 is 81.2 Å². The van der Waals surface area contributed by atoms with E-state index in [0.29, 0.717) is 5.56 Å². The molecule has 1 aromatic rings. The largest absolute Gasteiger partial charge is 0.493 e. The van der Waals surface area contributed by atoms with Crippen molar-refractivity contribution in [2.24, 2.45) is 0 Å². The molecule has 0 saturated carbocycles. The van der Waals surface area contributed by atoms with Gasteiger partial charge in [-0.2, -0.15) is 57.1 Å². The van der Waals surface area contributed by atoms with E-state index in [1.807, 2.05) is 0 Å². The highest BCUT2D eigenvalue weighted by Crippen LogP contribution is 2.58. The van der Waals surface area contributed by atoms with Crippen molar-refractivity contribution in [1.82, 2.24) is 0 Å². The lowest BCUT2D eigenvalue weighted by molar-refractivity contribution is -0.446. The van der Waals surface area contributed by atoms with Crippen LogP contribution in [0.5, 0.6) is 17.2 Å². The second-order valence-corrected chi connectivity index (χ2v) is 8.48. The number of hydrogen-bond donors (Lipinski definition) is 0. The molecule has 0 bridgehead atoms. The Morgan fingerprint density at radius 3 is 1.68 bits per heavy atom. The zero-order valence-corrected chi connectivity index (χ0v) is 22.8. The van der Waals surface area contributed by atoms with Crippen molar-refractivity contribution in [2.45, 2.75) is 48.8 Å². The second-order valence-electron chi connectivity index (χ2n) is 8.48. The minimum absolute atomic E-state index is 0.259. The van der Waals surface area contributed by atoms with Gasteiger partial charge in [0.2, 0.25) is 5.75 Å². The SMILES string of the molecule is COc1cc(C=CC(=O)OCCOCCOC(F)(F)C(F)(F)C(F)(F)C(F)(F)C(F)(F)CCC(F)(F)F)cc(OC)c1OC. The molecule has 0 aliphatic carbocycles. The van der Waals surface area contributed by atoms with E-state index >= 15 is 0 Å². The first kappa shape index (κ1) is 38.9. The molecule has 0 saturated heterocycles. The van der Waals surface area contributed by atoms with Gasteiger partial charge in [0.15, 0.2) is 11.5 Å². The molecule has 254 valence electrons. The third kappa shape index (κ3) is 9.18. The molecule has 0 spiro atoms. The molecule has 1 aromatic carbocycles. The molecule has 0 aliphatic heterocycles. The molecule has 0 unspecified atom stereocenters. The van der Waals surface area contributed by atoms with Gasteiger partial charge in [-0.25, -0.2) is 4.79 Å². The third-order valence-electron chi connectivity index (χ3n) is 5.42. The zero-order valence-electron chi connectivity index (χ0n) is 22.8. The topological polar surface area (TPSA) is 72.5 Å². The van der Waals surface area contributed by atoms with Gasteiger partial charge >= 0.3 is 41.9 Å². The lowest BCUT2D eigenvalue weighted by Crippen LogP contribution is -2.67. The van der Waals surface area contributed by atoms with Crippen LogP contribution in [-0.4, -0.2) is 89.7 Å². The van der Waals surface area contributed by atoms with Crippen molar-refractivity contribution in [2.75, 3.05) is 47.8 Å². The maximum Gasteiger partial charge on any atom is 0.426 e. The highest BCUT2D eigenvalue weighted by atomic mass is 19.4. The molecule has 0 N–H and O–H groups in total. The van der Waals surface area contributed by atoms with Crippen LogP contribution in [-0.2, 0) is 19.0 Å². The molecule has 0 amide bonds. The van der Waals surface area contributed by atoms with Gasteiger partial charge in [-0.1, -0.05) is 0 Å². The van der Waals surface area contributed by atoms with Crippen molar-refractivity contribution >= 4 is 12.0 Å². The summed E-state index contributed by atoms with van der Waals surface area (Å²) in [5.74, 6) is -28.9. The van der Waals surface area contributed by atoms with Crippen molar-refractivity contribution in [3.8, 4) is 17.2 Å². The highest BCUT2D eigenvalue weighted by Gasteiger charge is 2.86. The summed E-state index contributed by atoms with van der Waals surface area (Å²) in [6.45, 7) is -3.96. The van der Waals surface area contributed by atoms with Crippen LogP contribution < -0.4 is 14.2 Å². The Labute approximate surface area is 240 Å². The van der Waals surface area contributed by atoms with Gasteiger partial charge in [0.05, 0.1) is 41.2 Å². The first-order valence-electron chi connectivity index (χ1n) is 11.8. The van der Waals surface area contributed by atoms with E-state index in [-0.39, 0.29) is 17.2 Å². The first-order valence-corrected chi connectivity index (χ1v) is 11.8. The fourth-order valence-corrected chi connectivity index (χ4v) is 3.10. The third-order valence-corrected chi connectivity index (χ3v) is 5.42. The smallest absolute Gasteiger partial charge is 0.426 e. The highest BCUT2D eigenvalue weighted by molar-refractivity contribution is 5.87. The van der Waals surface area contributed by atoms with E-state index in [2.05, 4.69) is 9.47 Å². The monoisotopic (exact) mass is 672 g/mol. The number of hydrogen-bond acceptors (Lipinski definition) is 7. The average molecular weight is 672 g/mol. The van der Waals surface area contributed by atoms with Crippen molar-refractivity contribution < 1.29 is 90.3 Å². The van der Waals surface area contributed by atoms with Crippen LogP contribution in [0.2, 0.25) is 0 Å². The van der Waals surface area contributed by atoms with E-state index in [0.717, 1.165) is 6.08 Å². The molecule has 0 atom stereocenters. The zero-order chi connectivity index (χ0) is 34.2. The molecule has 0 radical (unpaired) electrons. The summed E-state index contributed by atoms with van der Waals surface area (Å²) in [7, 11) is 4.05. The Hall–Kier alpha value is -3.16. The number of halogens is 13. The number of benzene rings is 1. The Morgan fingerprint density at radius 1 is 0.682 bits per heavy atom. The summed E-state index contributed by atoms with van der Waals surface area (Å²) in [6, 6.07) is 2.95. The van der Waals surface area contributed by atoms with E-state index in [4.69, 9.17) is 18.9 Å². The van der Waals surface area contributed by atoms with Crippen LogP contribution in [0.25, 0.3) is 6.08 Å². The molecule has 0 aromatic heterocycles. The molecule has 0 aliphatic rings. The average Bonchev–Trinajstić information content (AvgIpc) is 2.92. The number of rotatable bonds is 18. The Bertz CT molecular complexity index is 1100. The molecule has 44 heavy (non-hydrogen) atoms. The lowest BCUT2D eigenvalue weighted by Gasteiger charge is -2.39. The number of carbonyl (C=O) groups is 1. The van der Waals surface area contributed by atoms with Gasteiger partial charge in [0, 0.05) is 18.9 Å².